The second kappa shape index (κ2) is 5.13. The van der Waals surface area contributed by atoms with E-state index < -0.39 is 0 Å². The summed E-state index contributed by atoms with van der Waals surface area (Å²) in [6, 6.07) is 7.74. The van der Waals surface area contributed by atoms with Gasteiger partial charge >= 0.3 is 0 Å². The Morgan fingerprint density at radius 2 is 2.10 bits per heavy atom. The van der Waals surface area contributed by atoms with Gasteiger partial charge in [-0.2, -0.15) is 4.98 Å². The van der Waals surface area contributed by atoms with E-state index in [4.69, 9.17) is 17.3 Å². The zero-order chi connectivity index (χ0) is 14.1. The van der Waals surface area contributed by atoms with Crippen LogP contribution in [0.1, 0.15) is 29.0 Å². The number of hydrogen-bond donors (Lipinski definition) is 2. The number of nitrogens with zero attached hydrogens (tertiary/aromatic N) is 3. The number of H-pyrrole nitrogens is 1. The van der Waals surface area contributed by atoms with Crippen molar-refractivity contribution in [2.45, 2.75) is 25.4 Å². The van der Waals surface area contributed by atoms with E-state index in [9.17, 15) is 4.79 Å². The molecule has 20 heavy (non-hydrogen) atoms. The average Bonchev–Trinajstić information content (AvgIpc) is 3.19. The summed E-state index contributed by atoms with van der Waals surface area (Å²) in [6.45, 7) is 0.529. The highest BCUT2D eigenvalue weighted by atomic mass is 35.5. The highest BCUT2D eigenvalue weighted by molar-refractivity contribution is 6.30. The molecule has 0 bridgehead atoms. The molecule has 1 aromatic carbocycles. The van der Waals surface area contributed by atoms with Crippen LogP contribution in [0.3, 0.4) is 0 Å². The molecule has 0 radical (unpaired) electrons. The van der Waals surface area contributed by atoms with E-state index in [1.54, 1.807) is 4.90 Å². The normalized spacial score (nSPS) is 14.2. The van der Waals surface area contributed by atoms with Gasteiger partial charge < -0.3 is 10.6 Å². The van der Waals surface area contributed by atoms with Crippen LogP contribution >= 0.6 is 11.6 Å². The molecule has 1 heterocycles. The lowest BCUT2D eigenvalue weighted by Gasteiger charge is -2.21. The van der Waals surface area contributed by atoms with Crippen LogP contribution in [0, 0.1) is 0 Å². The summed E-state index contributed by atoms with van der Waals surface area (Å²) in [4.78, 5) is 18.1. The van der Waals surface area contributed by atoms with Gasteiger partial charge in [0.1, 0.15) is 0 Å². The molecule has 1 aromatic heterocycles. The second-order valence-corrected chi connectivity index (χ2v) is 5.27. The van der Waals surface area contributed by atoms with Crippen LogP contribution in [0.2, 0.25) is 5.02 Å². The number of nitrogens with one attached hydrogen (secondary N) is 1. The molecule has 6 nitrogen and oxygen atoms in total. The Balaban J connectivity index is 1.79. The van der Waals surface area contributed by atoms with Crippen molar-refractivity contribution < 1.29 is 4.79 Å². The lowest BCUT2D eigenvalue weighted by molar-refractivity contribution is 0.0718. The minimum atomic E-state index is -0.174. The van der Waals surface area contributed by atoms with E-state index in [1.807, 2.05) is 24.3 Å². The third kappa shape index (κ3) is 2.75. The van der Waals surface area contributed by atoms with E-state index in [0.717, 1.165) is 18.4 Å². The molecule has 7 heteroatoms. The van der Waals surface area contributed by atoms with Crippen molar-refractivity contribution in [1.29, 1.82) is 0 Å². The van der Waals surface area contributed by atoms with Crippen LogP contribution in [0.4, 0.5) is 5.95 Å². The van der Waals surface area contributed by atoms with Crippen LogP contribution in [-0.2, 0) is 6.54 Å². The lowest BCUT2D eigenvalue weighted by atomic mass is 10.2. The SMILES string of the molecule is Nc1n[nH]c(C(=O)N(Cc2ccc(Cl)cc2)C2CC2)n1. The third-order valence-electron chi connectivity index (χ3n) is 3.22. The Bertz CT molecular complexity index is 620. The molecule has 104 valence electrons. The Hall–Kier alpha value is -2.08. The minimum Gasteiger partial charge on any atom is -0.366 e. The minimum absolute atomic E-state index is 0.0792. The molecule has 0 aliphatic heterocycles. The number of carbonyl (C=O) groups is 1. The monoisotopic (exact) mass is 291 g/mol. The predicted molar refractivity (Wildman–Crippen MR) is 75.1 cm³/mol. The summed E-state index contributed by atoms with van der Waals surface area (Å²) in [6.07, 6.45) is 2.03. The molecule has 3 N–H and O–H groups in total. The van der Waals surface area contributed by atoms with Gasteiger partial charge in [-0.3, -0.25) is 9.89 Å². The van der Waals surface area contributed by atoms with Crippen molar-refractivity contribution in [1.82, 2.24) is 20.1 Å². The average molecular weight is 292 g/mol. The van der Waals surface area contributed by atoms with E-state index in [-0.39, 0.29) is 23.7 Å². The molecule has 1 aliphatic rings. The summed E-state index contributed by atoms with van der Waals surface area (Å²) in [5.74, 6) is 0.0885. The van der Waals surface area contributed by atoms with Gasteiger partial charge in [0, 0.05) is 17.6 Å². The van der Waals surface area contributed by atoms with Crippen LogP contribution in [-0.4, -0.2) is 32.0 Å². The zero-order valence-corrected chi connectivity index (χ0v) is 11.5. The summed E-state index contributed by atoms with van der Waals surface area (Å²) >= 11 is 5.87. The maximum atomic E-state index is 12.4. The van der Waals surface area contributed by atoms with E-state index >= 15 is 0 Å². The molecule has 1 fully saturated rings. The van der Waals surface area contributed by atoms with Gasteiger partial charge in [0.05, 0.1) is 0 Å². The molecule has 0 spiro atoms. The summed E-state index contributed by atoms with van der Waals surface area (Å²) in [5, 5.41) is 6.94. The Labute approximate surface area is 120 Å². The first-order valence-electron chi connectivity index (χ1n) is 6.37. The summed E-state index contributed by atoms with van der Waals surface area (Å²) in [7, 11) is 0. The molecule has 2 aromatic rings. The van der Waals surface area contributed by atoms with Crippen molar-refractivity contribution in [3.8, 4) is 0 Å². The second-order valence-electron chi connectivity index (χ2n) is 4.83. The Kier molecular flexibility index (Phi) is 3.31. The van der Waals surface area contributed by atoms with E-state index in [0.29, 0.717) is 11.6 Å². The molecular formula is C13H14ClN5O. The van der Waals surface area contributed by atoms with Gasteiger partial charge in [-0.15, -0.1) is 5.10 Å². The number of nitrogen functional groups attached to an aromatic ring is 1. The van der Waals surface area contributed by atoms with Crippen molar-refractivity contribution in [2.24, 2.45) is 0 Å². The van der Waals surface area contributed by atoms with Crippen LogP contribution in [0.5, 0.6) is 0 Å². The number of benzene rings is 1. The number of amides is 1. The molecule has 0 saturated heterocycles. The van der Waals surface area contributed by atoms with Gasteiger partial charge in [-0.25, -0.2) is 0 Å². The maximum Gasteiger partial charge on any atom is 0.291 e. The number of hydrogen-bond acceptors (Lipinski definition) is 4. The van der Waals surface area contributed by atoms with Gasteiger partial charge in [0.25, 0.3) is 5.91 Å². The predicted octanol–water partition coefficient (Wildman–Crippen LogP) is 1.85. The topological polar surface area (TPSA) is 87.9 Å². The van der Waals surface area contributed by atoms with Crippen LogP contribution < -0.4 is 5.73 Å². The van der Waals surface area contributed by atoms with Crippen molar-refractivity contribution in [3.63, 3.8) is 0 Å². The molecule has 0 unspecified atom stereocenters. The largest absolute Gasteiger partial charge is 0.366 e. The standard InChI is InChI=1S/C13H14ClN5O/c14-9-3-1-8(2-4-9)7-19(10-5-6-10)12(20)11-16-13(15)18-17-11/h1-4,10H,5-7H2,(H3,15,16,17,18). The first kappa shape index (κ1) is 12.9. The molecule has 0 atom stereocenters. The zero-order valence-electron chi connectivity index (χ0n) is 10.7. The maximum absolute atomic E-state index is 12.4. The van der Waals surface area contributed by atoms with Crippen molar-refractivity contribution in [2.75, 3.05) is 5.73 Å². The van der Waals surface area contributed by atoms with Gasteiger partial charge in [0.2, 0.25) is 11.8 Å². The first-order valence-corrected chi connectivity index (χ1v) is 6.74. The molecule has 3 rings (SSSR count). The van der Waals surface area contributed by atoms with Gasteiger partial charge in [-0.1, -0.05) is 23.7 Å². The molecule has 1 aliphatic carbocycles. The first-order chi connectivity index (χ1) is 9.63. The fourth-order valence-electron chi connectivity index (χ4n) is 2.05. The number of carbonyl (C=O) groups excluding carboxylic acids is 1. The molecular weight excluding hydrogens is 278 g/mol. The Morgan fingerprint density at radius 3 is 2.65 bits per heavy atom. The summed E-state index contributed by atoms with van der Waals surface area (Å²) in [5.41, 5.74) is 6.47. The summed E-state index contributed by atoms with van der Waals surface area (Å²) < 4.78 is 0. The van der Waals surface area contributed by atoms with Gasteiger partial charge in [0.15, 0.2) is 0 Å². The number of aromatic nitrogens is 3. The number of rotatable bonds is 4. The van der Waals surface area contributed by atoms with E-state index in [1.165, 1.54) is 0 Å². The molecule has 1 saturated carbocycles. The highest BCUT2D eigenvalue weighted by Crippen LogP contribution is 2.29. The van der Waals surface area contributed by atoms with Crippen LogP contribution in [0.15, 0.2) is 24.3 Å². The van der Waals surface area contributed by atoms with Crippen LogP contribution in [0.25, 0.3) is 0 Å². The lowest BCUT2D eigenvalue weighted by Crippen LogP contribution is -2.33. The van der Waals surface area contributed by atoms with Gasteiger partial charge in [-0.05, 0) is 30.5 Å². The molecule has 1 amide bonds. The Morgan fingerprint density at radius 1 is 1.40 bits per heavy atom. The smallest absolute Gasteiger partial charge is 0.291 e. The van der Waals surface area contributed by atoms with Crippen molar-refractivity contribution >= 4 is 23.5 Å². The third-order valence-corrected chi connectivity index (χ3v) is 3.47. The fourth-order valence-corrected chi connectivity index (χ4v) is 2.17. The van der Waals surface area contributed by atoms with Crippen molar-refractivity contribution in [3.05, 3.63) is 40.7 Å². The number of anilines is 1. The number of aromatic amines is 1. The quantitative estimate of drug-likeness (QED) is 0.900. The number of nitrogens with two attached hydrogens (primary N) is 1. The van der Waals surface area contributed by atoms with E-state index in [2.05, 4.69) is 15.2 Å². The highest BCUT2D eigenvalue weighted by Gasteiger charge is 2.34. The number of halogens is 1. The fraction of sp³-hybridized carbons (Fsp3) is 0.308.